The summed E-state index contributed by atoms with van der Waals surface area (Å²) >= 11 is 0. The molecular weight excluding hydrogens is 174 g/mol. The van der Waals surface area contributed by atoms with E-state index in [-0.39, 0.29) is 18.2 Å². The van der Waals surface area contributed by atoms with Gasteiger partial charge >= 0.3 is 0 Å². The van der Waals surface area contributed by atoms with Crippen molar-refractivity contribution in [3.05, 3.63) is 11.6 Å². The van der Waals surface area contributed by atoms with Gasteiger partial charge in [-0.1, -0.05) is 5.57 Å². The summed E-state index contributed by atoms with van der Waals surface area (Å²) in [5.74, 6) is 0.221. The molecule has 0 aliphatic rings. The molecule has 0 amide bonds. The van der Waals surface area contributed by atoms with Crippen molar-refractivity contribution in [3.8, 4) is 0 Å². The Morgan fingerprint density at radius 1 is 1.33 bits per heavy atom. The highest BCUT2D eigenvalue weighted by molar-refractivity contribution is 5.90. The topological polar surface area (TPSA) is 20.3 Å². The highest BCUT2D eigenvalue weighted by Gasteiger charge is 1.97. The molecule has 3 heteroatoms. The van der Waals surface area contributed by atoms with Gasteiger partial charge in [-0.2, -0.15) is 0 Å². The molecule has 0 aromatic heterocycles. The number of allylic oxidation sites excluding steroid dienone is 2. The molecule has 0 aliphatic carbocycles. The first kappa shape index (κ1) is 14.2. The van der Waals surface area contributed by atoms with Crippen molar-refractivity contribution in [3.63, 3.8) is 0 Å². The highest BCUT2D eigenvalue weighted by atomic mass is 35.5. The number of hydrogen-bond acceptors (Lipinski definition) is 2. The van der Waals surface area contributed by atoms with Crippen molar-refractivity contribution >= 4 is 18.2 Å². The molecule has 0 N–H and O–H groups in total. The molecule has 0 aromatic carbocycles. The van der Waals surface area contributed by atoms with Crippen LogP contribution in [0.2, 0.25) is 0 Å². The second-order valence-electron chi connectivity index (χ2n) is 3.24. The summed E-state index contributed by atoms with van der Waals surface area (Å²) in [6.45, 7) is 4.71. The normalized spacial score (nSPS) is 9.08. The van der Waals surface area contributed by atoms with Gasteiger partial charge in [-0.15, -0.1) is 12.4 Å². The van der Waals surface area contributed by atoms with E-state index in [2.05, 4.69) is 0 Å². The van der Waals surface area contributed by atoms with Crippen LogP contribution < -0.4 is 0 Å². The third-order valence-electron chi connectivity index (χ3n) is 1.26. The van der Waals surface area contributed by atoms with Gasteiger partial charge in [-0.05, 0) is 34.0 Å². The molecule has 0 saturated carbocycles. The molecule has 0 heterocycles. The predicted octanol–water partition coefficient (Wildman–Crippen LogP) is 1.90. The Morgan fingerprint density at radius 3 is 2.17 bits per heavy atom. The lowest BCUT2D eigenvalue weighted by atomic mass is 10.2. The molecule has 2 nitrogen and oxygen atoms in total. The van der Waals surface area contributed by atoms with Crippen LogP contribution in [0.15, 0.2) is 11.6 Å². The second kappa shape index (κ2) is 7.32. The molecule has 0 spiro atoms. The van der Waals surface area contributed by atoms with E-state index in [0.29, 0.717) is 6.42 Å². The predicted molar refractivity (Wildman–Crippen MR) is 54.9 cm³/mol. The van der Waals surface area contributed by atoms with Gasteiger partial charge in [-0.3, -0.25) is 4.79 Å². The number of rotatable bonds is 4. The minimum atomic E-state index is 0. The Morgan fingerprint density at radius 2 is 1.83 bits per heavy atom. The molecular formula is C9H18ClNO. The fraction of sp³-hybridized carbons (Fsp3) is 0.667. The molecule has 0 bridgehead atoms. The zero-order chi connectivity index (χ0) is 8.85. The van der Waals surface area contributed by atoms with Crippen LogP contribution >= 0.6 is 12.4 Å². The molecule has 0 saturated heterocycles. The van der Waals surface area contributed by atoms with Crippen LogP contribution in [0.25, 0.3) is 0 Å². The Labute approximate surface area is 81.0 Å². The largest absolute Gasteiger partial charge is 0.309 e. The van der Waals surface area contributed by atoms with Crippen molar-refractivity contribution in [2.75, 3.05) is 20.6 Å². The lowest BCUT2D eigenvalue weighted by Gasteiger charge is -2.06. The van der Waals surface area contributed by atoms with Crippen molar-refractivity contribution in [2.45, 2.75) is 20.3 Å². The fourth-order valence-electron chi connectivity index (χ4n) is 0.728. The van der Waals surface area contributed by atoms with E-state index in [1.165, 1.54) is 0 Å². The lowest BCUT2D eigenvalue weighted by Crippen LogP contribution is -2.15. The molecule has 0 rings (SSSR count). The number of halogens is 1. The minimum absolute atomic E-state index is 0. The zero-order valence-electron chi connectivity index (χ0n) is 8.26. The Balaban J connectivity index is 0. The zero-order valence-corrected chi connectivity index (χ0v) is 9.07. The standard InChI is InChI=1S/C9H17NO.ClH/c1-8(2)7-9(11)5-6-10(3)4;/h7H,5-6H2,1-4H3;1H. The fourth-order valence-corrected chi connectivity index (χ4v) is 0.728. The minimum Gasteiger partial charge on any atom is -0.309 e. The number of nitrogens with zero attached hydrogens (tertiary/aromatic N) is 1. The van der Waals surface area contributed by atoms with Gasteiger partial charge in [0.15, 0.2) is 5.78 Å². The van der Waals surface area contributed by atoms with E-state index >= 15 is 0 Å². The first-order valence-corrected chi connectivity index (χ1v) is 3.85. The molecule has 72 valence electrons. The van der Waals surface area contributed by atoms with Crippen LogP contribution in [0.1, 0.15) is 20.3 Å². The molecule has 0 aromatic rings. The second-order valence-corrected chi connectivity index (χ2v) is 3.24. The van der Waals surface area contributed by atoms with Crippen molar-refractivity contribution in [1.82, 2.24) is 4.90 Å². The average Bonchev–Trinajstić information content (AvgIpc) is 1.82. The van der Waals surface area contributed by atoms with Crippen LogP contribution in [0.5, 0.6) is 0 Å². The summed E-state index contributed by atoms with van der Waals surface area (Å²) in [7, 11) is 3.94. The average molecular weight is 192 g/mol. The number of hydrogen-bond donors (Lipinski definition) is 0. The maximum absolute atomic E-state index is 11.1. The van der Waals surface area contributed by atoms with Crippen LogP contribution in [-0.4, -0.2) is 31.3 Å². The molecule has 0 fully saturated rings. The van der Waals surface area contributed by atoms with Crippen LogP contribution in [0.4, 0.5) is 0 Å². The lowest BCUT2D eigenvalue weighted by molar-refractivity contribution is -0.114. The van der Waals surface area contributed by atoms with Gasteiger partial charge in [0.2, 0.25) is 0 Å². The molecule has 12 heavy (non-hydrogen) atoms. The number of carbonyl (C=O) groups excluding carboxylic acids is 1. The number of carbonyl (C=O) groups is 1. The van der Waals surface area contributed by atoms with Crippen molar-refractivity contribution in [2.24, 2.45) is 0 Å². The van der Waals surface area contributed by atoms with Gasteiger partial charge in [0.1, 0.15) is 0 Å². The third-order valence-corrected chi connectivity index (χ3v) is 1.26. The van der Waals surface area contributed by atoms with Crippen LogP contribution in [0, 0.1) is 0 Å². The summed E-state index contributed by atoms with van der Waals surface area (Å²) < 4.78 is 0. The number of ketones is 1. The van der Waals surface area contributed by atoms with E-state index in [9.17, 15) is 4.79 Å². The third kappa shape index (κ3) is 9.66. The maximum atomic E-state index is 11.1. The van der Waals surface area contributed by atoms with Gasteiger partial charge in [0, 0.05) is 13.0 Å². The molecule has 0 atom stereocenters. The van der Waals surface area contributed by atoms with E-state index in [4.69, 9.17) is 0 Å². The monoisotopic (exact) mass is 191 g/mol. The van der Waals surface area contributed by atoms with E-state index in [0.717, 1.165) is 12.1 Å². The van der Waals surface area contributed by atoms with E-state index < -0.39 is 0 Å². The summed E-state index contributed by atoms with van der Waals surface area (Å²) in [4.78, 5) is 13.1. The van der Waals surface area contributed by atoms with Crippen LogP contribution in [0.3, 0.4) is 0 Å². The summed E-state index contributed by atoms with van der Waals surface area (Å²) in [6.07, 6.45) is 2.32. The Hall–Kier alpha value is -0.340. The summed E-state index contributed by atoms with van der Waals surface area (Å²) in [5.41, 5.74) is 1.08. The van der Waals surface area contributed by atoms with Crippen LogP contribution in [-0.2, 0) is 4.79 Å². The first-order valence-electron chi connectivity index (χ1n) is 3.85. The van der Waals surface area contributed by atoms with E-state index in [1.807, 2.05) is 32.8 Å². The van der Waals surface area contributed by atoms with Crippen molar-refractivity contribution < 1.29 is 4.79 Å². The van der Waals surface area contributed by atoms with Gasteiger partial charge in [0.25, 0.3) is 0 Å². The van der Waals surface area contributed by atoms with Gasteiger partial charge in [0.05, 0.1) is 0 Å². The Bertz CT molecular complexity index is 160. The van der Waals surface area contributed by atoms with Gasteiger partial charge in [-0.25, -0.2) is 0 Å². The van der Waals surface area contributed by atoms with E-state index in [1.54, 1.807) is 6.08 Å². The smallest absolute Gasteiger partial charge is 0.156 e. The quantitative estimate of drug-likeness (QED) is 0.633. The summed E-state index contributed by atoms with van der Waals surface area (Å²) in [5, 5.41) is 0. The summed E-state index contributed by atoms with van der Waals surface area (Å²) in [6, 6.07) is 0. The van der Waals surface area contributed by atoms with Gasteiger partial charge < -0.3 is 4.90 Å². The molecule has 0 unspecified atom stereocenters. The maximum Gasteiger partial charge on any atom is 0.156 e. The molecule has 0 aliphatic heterocycles. The van der Waals surface area contributed by atoms with Crippen molar-refractivity contribution in [1.29, 1.82) is 0 Å². The Kier molecular flexibility index (Phi) is 8.66. The highest BCUT2D eigenvalue weighted by Crippen LogP contribution is 1.93. The first-order chi connectivity index (χ1) is 5.02. The SMILES string of the molecule is CC(C)=CC(=O)CCN(C)C.Cl. The molecule has 0 radical (unpaired) electrons.